The summed E-state index contributed by atoms with van der Waals surface area (Å²) in [6.45, 7) is 22.2. The second-order valence-corrected chi connectivity index (χ2v) is 20.4. The van der Waals surface area contributed by atoms with Crippen molar-refractivity contribution in [1.82, 2.24) is 0 Å². The van der Waals surface area contributed by atoms with Crippen molar-refractivity contribution in [2.24, 2.45) is 0 Å². The van der Waals surface area contributed by atoms with Gasteiger partial charge >= 0.3 is 0 Å². The third-order valence-electron chi connectivity index (χ3n) is 6.39. The average Bonchev–Trinajstić information content (AvgIpc) is 3.00. The van der Waals surface area contributed by atoms with E-state index in [0.717, 1.165) is 24.8 Å². The molecular formula is C21H40Co2O3Si2-2. The van der Waals surface area contributed by atoms with E-state index < -0.39 is 16.4 Å². The van der Waals surface area contributed by atoms with Gasteiger partial charge in [0.2, 0.25) is 0 Å². The number of hydrogen-bond acceptors (Lipinski definition) is 3. The van der Waals surface area contributed by atoms with Gasteiger partial charge in [-0.2, -0.15) is 6.42 Å². The van der Waals surface area contributed by atoms with Crippen LogP contribution in [-0.4, -0.2) is 39.6 Å². The summed E-state index contributed by atoms with van der Waals surface area (Å²) in [6, 6.07) is 0. The Morgan fingerprint density at radius 1 is 1.21 bits per heavy atom. The van der Waals surface area contributed by atoms with Crippen LogP contribution in [0.3, 0.4) is 0 Å². The van der Waals surface area contributed by atoms with Crippen molar-refractivity contribution >= 4 is 22.2 Å². The number of ketones is 1. The Balaban J connectivity index is 0. The molecule has 28 heavy (non-hydrogen) atoms. The monoisotopic (exact) mass is 514 g/mol. The zero-order valence-electron chi connectivity index (χ0n) is 19.2. The summed E-state index contributed by atoms with van der Waals surface area (Å²) in [6.07, 6.45) is 5.50. The fourth-order valence-corrected chi connectivity index (χ4v) is 7.13. The number of epoxide rings is 1. The molecule has 0 aromatic rings. The summed E-state index contributed by atoms with van der Waals surface area (Å²) in [7, 11) is -3.41. The molecule has 3 atom stereocenters. The molecule has 3 nitrogen and oxygen atoms in total. The van der Waals surface area contributed by atoms with Crippen LogP contribution in [-0.2, 0) is 47.5 Å². The van der Waals surface area contributed by atoms with Gasteiger partial charge in [0.25, 0.3) is 0 Å². The number of hydrogen-bond donors (Lipinski definition) is 0. The Hall–Kier alpha value is 0.777. The van der Waals surface area contributed by atoms with E-state index >= 15 is 0 Å². The Morgan fingerprint density at radius 2 is 1.75 bits per heavy atom. The van der Waals surface area contributed by atoms with Crippen molar-refractivity contribution in [3.8, 4) is 0 Å². The molecule has 1 saturated heterocycles. The zero-order chi connectivity index (χ0) is 19.3. The molecule has 0 aromatic heterocycles. The van der Waals surface area contributed by atoms with Crippen LogP contribution in [0.15, 0.2) is 11.6 Å². The molecule has 3 unspecified atom stereocenters. The van der Waals surface area contributed by atoms with Crippen molar-refractivity contribution in [1.29, 1.82) is 0 Å². The van der Waals surface area contributed by atoms with Gasteiger partial charge in [-0.3, -0.25) is 4.79 Å². The number of Topliss-reactive ketones (excluding diaryl/α,β-unsaturated/α-hetero) is 1. The third-order valence-corrected chi connectivity index (χ3v) is 14.0. The van der Waals surface area contributed by atoms with E-state index in [0.29, 0.717) is 6.42 Å². The smallest absolute Gasteiger partial charge is 0.192 e. The van der Waals surface area contributed by atoms with Crippen LogP contribution >= 0.6 is 0 Å². The van der Waals surface area contributed by atoms with Crippen molar-refractivity contribution in [3.63, 3.8) is 0 Å². The number of carbonyl (C=O) groups excluding carboxylic acids is 1. The van der Waals surface area contributed by atoms with Crippen LogP contribution in [0.25, 0.3) is 0 Å². The SMILES string of the molecule is [CH2-]CCC1OC1(CC1=CC(O[Si](C)(C)C(C)(C)C)CC1=O)[Si](C)(C)C.[CH3-].[Co].[Co]. The molecule has 1 aliphatic carbocycles. The average molecular weight is 515 g/mol. The van der Waals surface area contributed by atoms with Crippen molar-refractivity contribution in [2.75, 3.05) is 0 Å². The van der Waals surface area contributed by atoms with Gasteiger partial charge in [0, 0.05) is 46.4 Å². The van der Waals surface area contributed by atoms with E-state index in [9.17, 15) is 4.79 Å². The zero-order valence-corrected chi connectivity index (χ0v) is 23.2. The fraction of sp³-hybridized carbons (Fsp3) is 0.762. The van der Waals surface area contributed by atoms with Crippen LogP contribution in [0.5, 0.6) is 0 Å². The summed E-state index contributed by atoms with van der Waals surface area (Å²) < 4.78 is 12.7. The van der Waals surface area contributed by atoms with Crippen molar-refractivity contribution < 1.29 is 47.5 Å². The molecule has 7 heteroatoms. The van der Waals surface area contributed by atoms with E-state index in [1.807, 2.05) is 0 Å². The van der Waals surface area contributed by atoms with E-state index in [2.05, 4.69) is 66.5 Å². The van der Waals surface area contributed by atoms with Crippen LogP contribution in [0.2, 0.25) is 37.8 Å². The fourth-order valence-electron chi connectivity index (χ4n) is 3.54. The van der Waals surface area contributed by atoms with Crippen LogP contribution in [0.1, 0.15) is 46.5 Å². The van der Waals surface area contributed by atoms with Gasteiger partial charge in [-0.15, -0.1) is 0 Å². The number of ether oxygens (including phenoxy) is 1. The summed E-state index contributed by atoms with van der Waals surface area (Å²) in [5.41, 5.74) is 0.942. The predicted molar refractivity (Wildman–Crippen MR) is 116 cm³/mol. The molecular weight excluding hydrogens is 474 g/mol. The summed E-state index contributed by atoms with van der Waals surface area (Å²) in [5.74, 6) is 0.255. The van der Waals surface area contributed by atoms with Gasteiger partial charge in [0.1, 0.15) is 0 Å². The molecule has 1 aliphatic heterocycles. The van der Waals surface area contributed by atoms with Crippen molar-refractivity contribution in [2.45, 2.75) is 102 Å². The van der Waals surface area contributed by atoms with Gasteiger partial charge in [-0.1, -0.05) is 46.8 Å². The minimum absolute atomic E-state index is 0. The Kier molecular flexibility index (Phi) is 11.5. The molecule has 1 heterocycles. The Bertz CT molecular complexity index is 565. The molecule has 2 aliphatic rings. The molecule has 0 N–H and O–H groups in total. The maximum Gasteiger partial charge on any atom is 0.192 e. The van der Waals surface area contributed by atoms with Crippen LogP contribution in [0.4, 0.5) is 0 Å². The van der Waals surface area contributed by atoms with Gasteiger partial charge < -0.3 is 23.5 Å². The molecule has 1 fully saturated rings. The molecule has 0 amide bonds. The minimum Gasteiger partial charge on any atom is -0.410 e. The van der Waals surface area contributed by atoms with E-state index in [4.69, 9.17) is 9.16 Å². The maximum atomic E-state index is 12.6. The van der Waals surface area contributed by atoms with Crippen molar-refractivity contribution in [3.05, 3.63) is 26.0 Å². The quantitative estimate of drug-likeness (QED) is 0.247. The Morgan fingerprint density at radius 3 is 2.18 bits per heavy atom. The second kappa shape index (κ2) is 10.4. The van der Waals surface area contributed by atoms with Gasteiger partial charge in [0.05, 0.1) is 25.5 Å². The number of rotatable bonds is 7. The second-order valence-electron chi connectivity index (χ2n) is 10.3. The molecule has 0 aromatic carbocycles. The van der Waals surface area contributed by atoms with Gasteiger partial charge in [-0.05, 0) is 29.8 Å². The maximum absolute atomic E-state index is 12.6. The molecule has 0 spiro atoms. The third kappa shape index (κ3) is 6.39. The predicted octanol–water partition coefficient (Wildman–Crippen LogP) is 5.74. The van der Waals surface area contributed by atoms with E-state index in [1.54, 1.807) is 0 Å². The standard InChI is InChI=1S/C20H37O3Si2.CH3.2Co/c1-10-11-18-20(22-18,24(5,6)7)14-15-12-16(13-17(15)21)23-25(8,9)19(2,3)4;;;/h12,16,18H,1,10-11,13-14H2,2-9H3;1H3;;/q2*-1;;. The van der Waals surface area contributed by atoms with Gasteiger partial charge in [0.15, 0.2) is 14.1 Å². The summed E-state index contributed by atoms with van der Waals surface area (Å²) in [4.78, 5) is 12.6. The topological polar surface area (TPSA) is 38.8 Å². The number of carbonyl (C=O) groups is 1. The molecule has 0 saturated carbocycles. The first-order chi connectivity index (χ1) is 11.2. The van der Waals surface area contributed by atoms with Gasteiger partial charge in [-0.25, -0.2) is 0 Å². The first-order valence-electron chi connectivity index (χ1n) is 9.62. The minimum atomic E-state index is -1.86. The molecule has 2 radical (unpaired) electrons. The Labute approximate surface area is 196 Å². The molecule has 170 valence electrons. The van der Waals surface area contributed by atoms with Crippen LogP contribution in [0, 0.1) is 14.4 Å². The first kappa shape index (κ1) is 31.0. The van der Waals surface area contributed by atoms with E-state index in [-0.39, 0.29) is 69.2 Å². The van der Waals surface area contributed by atoms with Crippen LogP contribution < -0.4 is 0 Å². The molecule has 0 bridgehead atoms. The first-order valence-corrected chi connectivity index (χ1v) is 16.0. The summed E-state index contributed by atoms with van der Waals surface area (Å²) >= 11 is 0. The molecule has 2 rings (SSSR count). The van der Waals surface area contributed by atoms with E-state index in [1.165, 1.54) is 0 Å². The normalized spacial score (nSPS) is 27.3. The largest absolute Gasteiger partial charge is 0.410 e. The summed E-state index contributed by atoms with van der Waals surface area (Å²) in [5, 5.41) is 0.0725.